The molecule has 0 spiro atoms. The van der Waals surface area contributed by atoms with Crippen LogP contribution in [0.2, 0.25) is 0 Å². The Morgan fingerprint density at radius 1 is 0.929 bits per heavy atom. The summed E-state index contributed by atoms with van der Waals surface area (Å²) in [6.07, 6.45) is 0. The molecule has 0 saturated heterocycles. The first kappa shape index (κ1) is 7.94. The Bertz CT molecular complexity index is 392. The molecule has 2 aromatic carbocycles. The van der Waals surface area contributed by atoms with E-state index < -0.39 is 0 Å². The Morgan fingerprint density at radius 2 is 1.50 bits per heavy atom. The Hall–Kier alpha value is -1.41. The van der Waals surface area contributed by atoms with Crippen molar-refractivity contribution in [1.82, 2.24) is 0 Å². The monoisotopic (exact) mass is 197 g/mol. The molecule has 0 fully saturated rings. The van der Waals surface area contributed by atoms with Gasteiger partial charge in [-0.1, -0.05) is 36.0 Å². The highest BCUT2D eigenvalue weighted by Crippen LogP contribution is 2.42. The summed E-state index contributed by atoms with van der Waals surface area (Å²) in [6.45, 7) is 0. The summed E-state index contributed by atoms with van der Waals surface area (Å²) >= 11 is 1.71. The van der Waals surface area contributed by atoms with E-state index >= 15 is 0 Å². The zero-order valence-electron chi connectivity index (χ0n) is 7.37. The summed E-state index contributed by atoms with van der Waals surface area (Å²) < 4.78 is 0. The Labute approximate surface area is 87.2 Å². The SMILES string of the molecule is [c]1cccc2c1Sc1[c]cccc1N2. The summed E-state index contributed by atoms with van der Waals surface area (Å²) in [4.78, 5) is 2.28. The van der Waals surface area contributed by atoms with Crippen LogP contribution in [0.25, 0.3) is 0 Å². The molecule has 0 bridgehead atoms. The second-order valence-electron chi connectivity index (χ2n) is 3.05. The van der Waals surface area contributed by atoms with Gasteiger partial charge in [-0.2, -0.15) is 0 Å². The van der Waals surface area contributed by atoms with Crippen LogP contribution in [0.5, 0.6) is 0 Å². The fourth-order valence-corrected chi connectivity index (χ4v) is 2.37. The van der Waals surface area contributed by atoms with Gasteiger partial charge in [-0.3, -0.25) is 0 Å². The van der Waals surface area contributed by atoms with Gasteiger partial charge in [0.15, 0.2) is 0 Å². The van der Waals surface area contributed by atoms with Gasteiger partial charge in [0.25, 0.3) is 0 Å². The number of rotatable bonds is 0. The van der Waals surface area contributed by atoms with Crippen LogP contribution in [-0.2, 0) is 0 Å². The number of benzene rings is 2. The molecular weight excluding hydrogens is 190 g/mol. The molecule has 2 aromatic rings. The van der Waals surface area contributed by atoms with Crippen LogP contribution in [-0.4, -0.2) is 0 Å². The van der Waals surface area contributed by atoms with Gasteiger partial charge >= 0.3 is 0 Å². The third-order valence-corrected chi connectivity index (χ3v) is 3.19. The van der Waals surface area contributed by atoms with Crippen molar-refractivity contribution < 1.29 is 0 Å². The molecule has 2 radical (unpaired) electrons. The maximum Gasteiger partial charge on any atom is 0.0532 e. The molecule has 1 heterocycles. The quantitative estimate of drug-likeness (QED) is 0.592. The predicted octanol–water partition coefficient (Wildman–Crippen LogP) is 3.50. The minimum absolute atomic E-state index is 1.13. The summed E-state index contributed by atoms with van der Waals surface area (Å²) in [6, 6.07) is 18.4. The van der Waals surface area contributed by atoms with Gasteiger partial charge in [-0.05, 0) is 24.3 Å². The standard InChI is InChI=1S/C12H7NS/c1-3-7-11-9(5-1)13-10-6-2-4-8-12(10)14-11/h1-6,13H. The number of nitrogens with one attached hydrogen (secondary N) is 1. The molecule has 66 valence electrons. The number of fused-ring (bicyclic) bond motifs is 2. The number of hydrogen-bond acceptors (Lipinski definition) is 2. The lowest BCUT2D eigenvalue weighted by molar-refractivity contribution is 1.30. The number of anilines is 2. The zero-order chi connectivity index (χ0) is 9.38. The first-order valence-corrected chi connectivity index (χ1v) is 5.21. The van der Waals surface area contributed by atoms with Gasteiger partial charge < -0.3 is 5.32 Å². The summed E-state index contributed by atoms with van der Waals surface area (Å²) in [5.41, 5.74) is 2.26. The van der Waals surface area contributed by atoms with Crippen molar-refractivity contribution in [3.8, 4) is 0 Å². The normalized spacial score (nSPS) is 12.6. The van der Waals surface area contributed by atoms with E-state index in [1.54, 1.807) is 11.8 Å². The molecule has 0 unspecified atom stereocenters. The molecule has 1 N–H and O–H groups in total. The van der Waals surface area contributed by atoms with E-state index in [-0.39, 0.29) is 0 Å². The van der Waals surface area contributed by atoms with E-state index in [1.807, 2.05) is 24.3 Å². The molecule has 0 aromatic heterocycles. The van der Waals surface area contributed by atoms with Crippen molar-refractivity contribution in [2.75, 3.05) is 5.32 Å². The molecule has 0 aliphatic carbocycles. The van der Waals surface area contributed by atoms with Gasteiger partial charge in [0, 0.05) is 9.79 Å². The molecule has 0 amide bonds. The summed E-state index contributed by atoms with van der Waals surface area (Å²) in [5.74, 6) is 0. The maximum absolute atomic E-state index is 3.36. The Morgan fingerprint density at radius 3 is 2.07 bits per heavy atom. The smallest absolute Gasteiger partial charge is 0.0532 e. The molecule has 1 aliphatic rings. The van der Waals surface area contributed by atoms with Crippen molar-refractivity contribution in [3.63, 3.8) is 0 Å². The largest absolute Gasteiger partial charge is 0.354 e. The first-order chi connectivity index (χ1) is 6.93. The minimum atomic E-state index is 1.13. The lowest BCUT2D eigenvalue weighted by atomic mass is 10.2. The first-order valence-electron chi connectivity index (χ1n) is 4.40. The highest BCUT2D eigenvalue weighted by Gasteiger charge is 2.13. The molecule has 1 aliphatic heterocycles. The maximum atomic E-state index is 3.36. The van der Waals surface area contributed by atoms with Gasteiger partial charge in [-0.25, -0.2) is 0 Å². The van der Waals surface area contributed by atoms with Gasteiger partial charge in [0.05, 0.1) is 11.4 Å². The van der Waals surface area contributed by atoms with E-state index in [0.717, 1.165) is 21.2 Å². The molecule has 3 rings (SSSR count). The van der Waals surface area contributed by atoms with Crippen molar-refractivity contribution in [2.45, 2.75) is 9.79 Å². The molecular formula is C12H7NS. The third-order valence-electron chi connectivity index (χ3n) is 2.11. The van der Waals surface area contributed by atoms with Crippen molar-refractivity contribution in [2.24, 2.45) is 0 Å². The van der Waals surface area contributed by atoms with E-state index in [2.05, 4.69) is 29.6 Å². The number of hydrogen-bond donors (Lipinski definition) is 1. The van der Waals surface area contributed by atoms with Crippen LogP contribution in [0.4, 0.5) is 11.4 Å². The molecule has 1 nitrogen and oxygen atoms in total. The van der Waals surface area contributed by atoms with E-state index in [4.69, 9.17) is 0 Å². The van der Waals surface area contributed by atoms with Crippen LogP contribution >= 0.6 is 11.8 Å². The van der Waals surface area contributed by atoms with Crippen LogP contribution in [0, 0.1) is 12.1 Å². The van der Waals surface area contributed by atoms with Crippen LogP contribution in [0.3, 0.4) is 0 Å². The molecule has 0 atom stereocenters. The molecule has 0 saturated carbocycles. The van der Waals surface area contributed by atoms with E-state index in [0.29, 0.717) is 0 Å². The summed E-state index contributed by atoms with van der Waals surface area (Å²) in [7, 11) is 0. The van der Waals surface area contributed by atoms with Crippen LogP contribution < -0.4 is 5.32 Å². The van der Waals surface area contributed by atoms with Crippen molar-refractivity contribution in [3.05, 3.63) is 48.5 Å². The second kappa shape index (κ2) is 3.07. The average molecular weight is 197 g/mol. The van der Waals surface area contributed by atoms with Gasteiger partial charge in [0.2, 0.25) is 0 Å². The Kier molecular flexibility index (Phi) is 1.74. The lowest BCUT2D eigenvalue weighted by Gasteiger charge is -2.19. The Balaban J connectivity index is 2.12. The van der Waals surface area contributed by atoms with E-state index in [9.17, 15) is 0 Å². The highest BCUT2D eigenvalue weighted by atomic mass is 32.2. The fraction of sp³-hybridized carbons (Fsp3) is 0. The topological polar surface area (TPSA) is 12.0 Å². The molecule has 14 heavy (non-hydrogen) atoms. The van der Waals surface area contributed by atoms with E-state index in [1.165, 1.54) is 0 Å². The van der Waals surface area contributed by atoms with Crippen molar-refractivity contribution >= 4 is 23.1 Å². The third kappa shape index (κ3) is 1.19. The zero-order valence-corrected chi connectivity index (χ0v) is 8.19. The second-order valence-corrected chi connectivity index (χ2v) is 4.07. The van der Waals surface area contributed by atoms with Gasteiger partial charge in [0.1, 0.15) is 0 Å². The van der Waals surface area contributed by atoms with Crippen LogP contribution in [0.15, 0.2) is 46.2 Å². The lowest BCUT2D eigenvalue weighted by Crippen LogP contribution is -1.98. The fourth-order valence-electron chi connectivity index (χ4n) is 1.46. The summed E-state index contributed by atoms with van der Waals surface area (Å²) in [5, 5.41) is 3.36. The van der Waals surface area contributed by atoms with Gasteiger partial charge in [-0.15, -0.1) is 0 Å². The van der Waals surface area contributed by atoms with Crippen LogP contribution in [0.1, 0.15) is 0 Å². The predicted molar refractivity (Wildman–Crippen MR) is 58.0 cm³/mol. The van der Waals surface area contributed by atoms with Crippen molar-refractivity contribution in [1.29, 1.82) is 0 Å². The average Bonchev–Trinajstić information content (AvgIpc) is 2.26. The molecule has 2 heteroatoms. The highest BCUT2D eigenvalue weighted by molar-refractivity contribution is 7.99. The minimum Gasteiger partial charge on any atom is -0.354 e.